The zero-order chi connectivity index (χ0) is 48.6. The molecule has 356 valence electrons. The van der Waals surface area contributed by atoms with Gasteiger partial charge in [-0.05, 0) is 123 Å². The molecule has 0 saturated heterocycles. The average Bonchev–Trinajstić information content (AvgIpc) is 3.55. The van der Waals surface area contributed by atoms with Crippen LogP contribution in [0.1, 0.15) is 82.9 Å². The summed E-state index contributed by atoms with van der Waals surface area (Å²) in [6.07, 6.45) is 9.44. The molecule has 0 saturated carbocycles. The number of carbonyl (C=O) groups is 1. The second-order valence-electron chi connectivity index (χ2n) is 17.5. The third kappa shape index (κ3) is 11.7. The summed E-state index contributed by atoms with van der Waals surface area (Å²) in [6, 6.07) is 15.3. The fourth-order valence-electron chi connectivity index (χ4n) is 8.73. The van der Waals surface area contributed by atoms with Crippen LogP contribution in [0.25, 0.3) is 0 Å². The number of allylic oxidation sites excluding steroid dienone is 7. The molecule has 0 radical (unpaired) electrons. The fourth-order valence-corrected chi connectivity index (χ4v) is 10.7. The number of aryl methyl sites for hydroxylation is 1. The number of ether oxygens (including phenoxy) is 1. The molecule has 0 bridgehead atoms. The van der Waals surface area contributed by atoms with Crippen molar-refractivity contribution < 1.29 is 71.1 Å². The molecule has 17 nitrogen and oxygen atoms in total. The topological polar surface area (TPSA) is 270 Å². The summed E-state index contributed by atoms with van der Waals surface area (Å²) in [6.45, 7) is 7.70. The first kappa shape index (κ1) is 50.4. The normalized spacial score (nSPS) is 18.7. The first-order chi connectivity index (χ1) is 30.6. The molecule has 0 spiro atoms. The number of carboxylic acids is 1. The van der Waals surface area contributed by atoms with Crippen LogP contribution in [0, 0.1) is 0 Å². The van der Waals surface area contributed by atoms with Crippen LogP contribution in [0.4, 0.5) is 11.4 Å². The van der Waals surface area contributed by atoms with Gasteiger partial charge in [0.05, 0.1) is 26.7 Å². The first-order valence-electron chi connectivity index (χ1n) is 20.9. The zero-order valence-corrected chi connectivity index (χ0v) is 40.0. The Balaban J connectivity index is 1.49. The largest absolute Gasteiger partial charge is 0.481 e. The van der Waals surface area contributed by atoms with Gasteiger partial charge in [0.15, 0.2) is 5.71 Å². The minimum Gasteiger partial charge on any atom is -0.481 e. The molecule has 0 unspecified atom stereocenters. The van der Waals surface area contributed by atoms with Crippen molar-refractivity contribution in [2.45, 2.75) is 93.3 Å². The van der Waals surface area contributed by atoms with Gasteiger partial charge in [0.1, 0.15) is 18.1 Å². The lowest BCUT2D eigenvalue weighted by Crippen LogP contribution is -2.28. The van der Waals surface area contributed by atoms with E-state index in [1.165, 1.54) is 36.4 Å². The van der Waals surface area contributed by atoms with E-state index in [0.29, 0.717) is 71.1 Å². The van der Waals surface area contributed by atoms with Crippen molar-refractivity contribution in [1.82, 2.24) is 0 Å². The average molecular weight is 990 g/mol. The predicted octanol–water partition coefficient (Wildman–Crippen LogP) is 6.81. The Bertz CT molecular complexity index is 3060. The van der Waals surface area contributed by atoms with Gasteiger partial charge in [-0.15, -0.1) is 0 Å². The van der Waals surface area contributed by atoms with Gasteiger partial charge in [-0.2, -0.15) is 38.2 Å². The molecular formula is C45H53N2O15S4+. The Morgan fingerprint density at radius 2 is 1.35 bits per heavy atom. The molecule has 21 heteroatoms. The van der Waals surface area contributed by atoms with Crippen LogP contribution in [0.3, 0.4) is 0 Å². The summed E-state index contributed by atoms with van der Waals surface area (Å²) < 4.78 is 143. The monoisotopic (exact) mass is 989 g/mol. The maximum Gasteiger partial charge on any atom is 0.303 e. The van der Waals surface area contributed by atoms with Crippen LogP contribution in [-0.2, 0) is 62.5 Å². The number of rotatable bonds is 18. The Morgan fingerprint density at radius 1 is 0.742 bits per heavy atom. The lowest BCUT2D eigenvalue weighted by Gasteiger charge is -2.27. The van der Waals surface area contributed by atoms with Gasteiger partial charge in [-0.1, -0.05) is 32.1 Å². The van der Waals surface area contributed by atoms with E-state index < -0.39 is 68.8 Å². The van der Waals surface area contributed by atoms with E-state index in [1.807, 2.05) is 61.5 Å². The number of hydrogen-bond acceptors (Lipinski definition) is 11. The number of benzene rings is 3. The Labute approximate surface area is 385 Å². The van der Waals surface area contributed by atoms with Gasteiger partial charge >= 0.3 is 5.97 Å². The van der Waals surface area contributed by atoms with Crippen molar-refractivity contribution in [1.29, 1.82) is 0 Å². The Hall–Kier alpha value is -5.00. The molecule has 3 aliphatic rings. The Morgan fingerprint density at radius 3 is 1.95 bits per heavy atom. The molecule has 5 N–H and O–H groups in total. The highest BCUT2D eigenvalue weighted by Crippen LogP contribution is 2.49. The summed E-state index contributed by atoms with van der Waals surface area (Å²) >= 11 is 0. The van der Waals surface area contributed by atoms with Crippen LogP contribution in [-0.4, -0.2) is 97.8 Å². The molecule has 2 aliphatic heterocycles. The summed E-state index contributed by atoms with van der Waals surface area (Å²) in [4.78, 5) is 12.5. The summed E-state index contributed by atoms with van der Waals surface area (Å²) in [7, 11) is -17.8. The maximum absolute atomic E-state index is 12.2. The van der Waals surface area contributed by atoms with Crippen molar-refractivity contribution in [2.75, 3.05) is 29.5 Å². The van der Waals surface area contributed by atoms with E-state index in [2.05, 4.69) is 0 Å². The van der Waals surface area contributed by atoms with Crippen molar-refractivity contribution in [3.8, 4) is 5.75 Å². The van der Waals surface area contributed by atoms with Crippen molar-refractivity contribution >= 4 is 63.5 Å². The van der Waals surface area contributed by atoms with Crippen LogP contribution in [0.5, 0.6) is 5.75 Å². The summed E-state index contributed by atoms with van der Waals surface area (Å²) in [5, 5.41) is 9.21. The second-order valence-corrected chi connectivity index (χ2v) is 23.4. The summed E-state index contributed by atoms with van der Waals surface area (Å²) in [5.41, 5.74) is 4.08. The molecule has 0 fully saturated rings. The highest BCUT2D eigenvalue weighted by atomic mass is 32.2. The molecule has 3 aromatic carbocycles. The molecule has 0 aromatic heterocycles. The third-order valence-corrected chi connectivity index (χ3v) is 15.3. The standard InChI is InChI=1S/C45H52N2O15S4/c1-44(2)36-28-34(65(56,57)58)17-19-38(36)46(24-6-26-63(50,51)52)40(44)21-13-31-8-5-9-32(43(31)62-33-15-10-30(11-16-33)12-23-42(48)49)14-22-41-45(3,4)37-29-35(66(59,60)61)18-20-39(37)47(41)25-7-27-64(53,54)55/h10-11,13-22,28-29H,5-9,12,23-27H2,1-4H3,(H4-,48,49,50,51,52,53,54,55,56,57,58,59,60,61)/p+1. The molecule has 0 amide bonds. The molecule has 66 heavy (non-hydrogen) atoms. The van der Waals surface area contributed by atoms with Crippen LogP contribution in [0.15, 0.2) is 117 Å². The molecule has 2 heterocycles. The number of carboxylic acid groups (broad SMARTS) is 1. The molecule has 3 aromatic rings. The highest BCUT2D eigenvalue weighted by molar-refractivity contribution is 7.86. The van der Waals surface area contributed by atoms with E-state index >= 15 is 0 Å². The molecule has 1 aliphatic carbocycles. The van der Waals surface area contributed by atoms with Crippen molar-refractivity contribution in [3.05, 3.63) is 124 Å². The van der Waals surface area contributed by atoms with E-state index in [-0.39, 0.29) is 42.1 Å². The van der Waals surface area contributed by atoms with Crippen LogP contribution < -0.4 is 9.64 Å². The lowest BCUT2D eigenvalue weighted by molar-refractivity contribution is -0.437. The minimum atomic E-state index is -4.58. The van der Waals surface area contributed by atoms with Gasteiger partial charge in [0.2, 0.25) is 5.69 Å². The molecule has 6 rings (SSSR count). The van der Waals surface area contributed by atoms with Gasteiger partial charge in [0, 0.05) is 53.9 Å². The number of aliphatic carboxylic acids is 1. The van der Waals surface area contributed by atoms with Crippen LogP contribution >= 0.6 is 0 Å². The number of nitrogens with zero attached hydrogens (tertiary/aromatic N) is 2. The van der Waals surface area contributed by atoms with E-state index in [1.54, 1.807) is 24.3 Å². The minimum absolute atomic E-state index is 0.0248. The van der Waals surface area contributed by atoms with Gasteiger partial charge < -0.3 is 14.7 Å². The lowest BCUT2D eigenvalue weighted by atomic mass is 9.81. The van der Waals surface area contributed by atoms with E-state index in [0.717, 1.165) is 16.7 Å². The van der Waals surface area contributed by atoms with Crippen molar-refractivity contribution in [3.63, 3.8) is 0 Å². The number of fused-ring (bicyclic) bond motifs is 2. The van der Waals surface area contributed by atoms with E-state index in [4.69, 9.17) is 4.74 Å². The number of hydrogen-bond donors (Lipinski definition) is 5. The SMILES string of the molecule is CC1(C)C(/C=C/C2=C(Oc3ccc(CCC(=O)O)cc3)C(=C/C=C3/N(CCCS(=O)(=O)O)c4ccc(S(=O)(=O)O)cc4C3(C)C)/CCC2)=[N+](CCCS(=O)(=O)O)c2ccc(S(=O)(=O)O)cc21. The smallest absolute Gasteiger partial charge is 0.303 e. The quantitative estimate of drug-likeness (QED) is 0.0647. The second kappa shape index (κ2) is 18.9. The summed E-state index contributed by atoms with van der Waals surface area (Å²) in [5.74, 6) is -1.06. The van der Waals surface area contributed by atoms with Gasteiger partial charge in [0.25, 0.3) is 40.5 Å². The van der Waals surface area contributed by atoms with E-state index in [9.17, 15) is 61.8 Å². The van der Waals surface area contributed by atoms with Gasteiger partial charge in [-0.3, -0.25) is 23.0 Å². The maximum atomic E-state index is 12.2. The third-order valence-electron chi connectivity index (χ3n) is 12.0. The Kier molecular flexibility index (Phi) is 14.5. The zero-order valence-electron chi connectivity index (χ0n) is 36.7. The molecule has 0 atom stereocenters. The fraction of sp³-hybridized carbons (Fsp3) is 0.378. The van der Waals surface area contributed by atoms with Gasteiger partial charge in [-0.25, -0.2) is 0 Å². The first-order valence-corrected chi connectivity index (χ1v) is 27.0. The predicted molar refractivity (Wildman–Crippen MR) is 247 cm³/mol. The highest BCUT2D eigenvalue weighted by Gasteiger charge is 2.45. The molecular weight excluding hydrogens is 937 g/mol. The van der Waals surface area contributed by atoms with Crippen LogP contribution in [0.2, 0.25) is 0 Å². The number of anilines is 1. The van der Waals surface area contributed by atoms with Crippen molar-refractivity contribution in [2.24, 2.45) is 0 Å².